The van der Waals surface area contributed by atoms with Crippen molar-refractivity contribution in [1.29, 1.82) is 0 Å². The lowest BCUT2D eigenvalue weighted by molar-refractivity contribution is -0.120. The van der Waals surface area contributed by atoms with Crippen molar-refractivity contribution < 1.29 is 22.3 Å². The van der Waals surface area contributed by atoms with Crippen molar-refractivity contribution in [2.45, 2.75) is 13.3 Å². The first-order valence-electron chi connectivity index (χ1n) is 8.34. The lowest BCUT2D eigenvalue weighted by atomic mass is 10.1. The number of anilines is 1. The topological polar surface area (TPSA) is 75.7 Å². The molecule has 2 aromatic rings. The molecule has 0 aliphatic heterocycles. The van der Waals surface area contributed by atoms with Gasteiger partial charge in [0.1, 0.15) is 11.6 Å². The van der Waals surface area contributed by atoms with Crippen LogP contribution in [-0.2, 0) is 21.2 Å². The second-order valence-corrected chi connectivity index (χ2v) is 8.07. The Hall–Kier alpha value is -2.61. The summed E-state index contributed by atoms with van der Waals surface area (Å²) in [4.78, 5) is 12.0. The van der Waals surface area contributed by atoms with E-state index in [0.29, 0.717) is 17.0 Å². The Morgan fingerprint density at radius 1 is 1.19 bits per heavy atom. The number of benzene rings is 2. The smallest absolute Gasteiger partial charge is 0.232 e. The predicted octanol–water partition coefficient (Wildman–Crippen LogP) is 2.27. The summed E-state index contributed by atoms with van der Waals surface area (Å²) in [6.07, 6.45) is 1.20. The fourth-order valence-electron chi connectivity index (χ4n) is 2.61. The third kappa shape index (κ3) is 5.96. The third-order valence-corrected chi connectivity index (χ3v) is 5.10. The molecule has 0 saturated heterocycles. The second-order valence-electron chi connectivity index (χ2n) is 6.16. The number of nitrogens with zero attached hydrogens (tertiary/aromatic N) is 1. The van der Waals surface area contributed by atoms with E-state index in [4.69, 9.17) is 4.74 Å². The molecule has 1 amide bonds. The number of ether oxygens (including phenoxy) is 1. The lowest BCUT2D eigenvalue weighted by Crippen LogP contribution is -2.38. The maximum absolute atomic E-state index is 12.9. The van der Waals surface area contributed by atoms with Crippen molar-refractivity contribution in [3.8, 4) is 5.75 Å². The zero-order valence-electron chi connectivity index (χ0n) is 15.5. The molecule has 27 heavy (non-hydrogen) atoms. The molecule has 2 aromatic carbocycles. The average molecular weight is 394 g/mol. The van der Waals surface area contributed by atoms with Gasteiger partial charge in [-0.15, -0.1) is 0 Å². The summed E-state index contributed by atoms with van der Waals surface area (Å²) < 4.78 is 43.8. The molecule has 0 bridgehead atoms. The molecule has 0 fully saturated rings. The van der Waals surface area contributed by atoms with Gasteiger partial charge < -0.3 is 10.1 Å². The van der Waals surface area contributed by atoms with Gasteiger partial charge in [0.2, 0.25) is 15.9 Å². The summed E-state index contributed by atoms with van der Waals surface area (Å²) in [7, 11) is -2.10. The number of hydrogen-bond donors (Lipinski definition) is 1. The number of nitrogens with one attached hydrogen (secondary N) is 1. The molecule has 0 atom stereocenters. The Balaban J connectivity index is 2.04. The summed E-state index contributed by atoms with van der Waals surface area (Å²) in [5.74, 6) is -0.204. The Bertz CT molecular complexity index is 898. The summed E-state index contributed by atoms with van der Waals surface area (Å²) in [5, 5.41) is 2.69. The highest BCUT2D eigenvalue weighted by Crippen LogP contribution is 2.30. The number of rotatable bonds is 8. The Labute approximate surface area is 159 Å². The predicted molar refractivity (Wildman–Crippen MR) is 103 cm³/mol. The third-order valence-electron chi connectivity index (χ3n) is 3.92. The van der Waals surface area contributed by atoms with E-state index in [1.165, 1.54) is 35.7 Å². The van der Waals surface area contributed by atoms with Gasteiger partial charge in [-0.3, -0.25) is 9.10 Å². The van der Waals surface area contributed by atoms with Crippen LogP contribution in [0.25, 0.3) is 0 Å². The molecule has 0 saturated carbocycles. The SMILES string of the molecule is COc1ccc(C)cc1N(CCNC(=O)Cc1ccc(F)cc1)S(C)(=O)=O. The Morgan fingerprint density at radius 2 is 1.85 bits per heavy atom. The second kappa shape index (κ2) is 8.85. The van der Waals surface area contributed by atoms with Crippen LogP contribution in [0.3, 0.4) is 0 Å². The summed E-state index contributed by atoms with van der Waals surface area (Å²) in [5.41, 5.74) is 1.99. The highest BCUT2D eigenvalue weighted by atomic mass is 32.2. The van der Waals surface area contributed by atoms with Crippen LogP contribution < -0.4 is 14.4 Å². The average Bonchev–Trinajstić information content (AvgIpc) is 2.59. The molecule has 0 aromatic heterocycles. The molecule has 6 nitrogen and oxygen atoms in total. The van der Waals surface area contributed by atoms with Gasteiger partial charge in [-0.1, -0.05) is 18.2 Å². The first kappa shape index (κ1) is 20.7. The first-order valence-corrected chi connectivity index (χ1v) is 10.2. The van der Waals surface area contributed by atoms with Crippen molar-refractivity contribution in [2.24, 2.45) is 0 Å². The molecule has 0 spiro atoms. The standard InChI is InChI=1S/C19H23FN2O4S/c1-14-4-9-18(26-2)17(12-14)22(27(3,24)25)11-10-21-19(23)13-15-5-7-16(20)8-6-15/h4-9,12H,10-11,13H2,1-3H3,(H,21,23). The summed E-state index contributed by atoms with van der Waals surface area (Å²) >= 11 is 0. The van der Waals surface area contributed by atoms with E-state index in [2.05, 4.69) is 5.32 Å². The number of hydrogen-bond acceptors (Lipinski definition) is 4. The molecule has 0 unspecified atom stereocenters. The van der Waals surface area contributed by atoms with Gasteiger partial charge in [-0.2, -0.15) is 0 Å². The first-order chi connectivity index (χ1) is 12.7. The van der Waals surface area contributed by atoms with Crippen molar-refractivity contribution in [1.82, 2.24) is 5.32 Å². The molecular weight excluding hydrogens is 371 g/mol. The van der Waals surface area contributed by atoms with Crippen LogP contribution in [0.15, 0.2) is 42.5 Å². The van der Waals surface area contributed by atoms with Crippen LogP contribution >= 0.6 is 0 Å². The number of halogens is 1. The highest BCUT2D eigenvalue weighted by molar-refractivity contribution is 7.92. The number of methoxy groups -OCH3 is 1. The quantitative estimate of drug-likeness (QED) is 0.745. The fourth-order valence-corrected chi connectivity index (χ4v) is 3.53. The van der Waals surface area contributed by atoms with Gasteiger partial charge in [-0.05, 0) is 42.3 Å². The van der Waals surface area contributed by atoms with Crippen LogP contribution in [-0.4, -0.2) is 40.8 Å². The van der Waals surface area contributed by atoms with E-state index in [1.807, 2.05) is 13.0 Å². The van der Waals surface area contributed by atoms with Crippen molar-refractivity contribution >= 4 is 21.6 Å². The molecule has 146 valence electrons. The molecule has 0 aliphatic rings. The number of carbonyl (C=O) groups is 1. The minimum atomic E-state index is -3.57. The van der Waals surface area contributed by atoms with Crippen molar-refractivity contribution in [2.75, 3.05) is 30.8 Å². The van der Waals surface area contributed by atoms with Crippen LogP contribution in [0.4, 0.5) is 10.1 Å². The van der Waals surface area contributed by atoms with Gasteiger partial charge in [0.15, 0.2) is 0 Å². The molecule has 8 heteroatoms. The fraction of sp³-hybridized carbons (Fsp3) is 0.316. The monoisotopic (exact) mass is 394 g/mol. The normalized spacial score (nSPS) is 11.1. The lowest BCUT2D eigenvalue weighted by Gasteiger charge is -2.24. The van der Waals surface area contributed by atoms with Gasteiger partial charge >= 0.3 is 0 Å². The van der Waals surface area contributed by atoms with Crippen molar-refractivity contribution in [3.05, 3.63) is 59.4 Å². The summed E-state index contributed by atoms with van der Waals surface area (Å²) in [6.45, 7) is 2.05. The zero-order valence-corrected chi connectivity index (χ0v) is 16.3. The number of aryl methyl sites for hydroxylation is 1. The van der Waals surface area contributed by atoms with Gasteiger partial charge in [-0.25, -0.2) is 12.8 Å². The van der Waals surface area contributed by atoms with E-state index in [0.717, 1.165) is 11.8 Å². The van der Waals surface area contributed by atoms with Gasteiger partial charge in [0, 0.05) is 6.54 Å². The maximum atomic E-state index is 12.9. The molecule has 0 heterocycles. The number of sulfonamides is 1. The minimum absolute atomic E-state index is 0.0633. The van der Waals surface area contributed by atoms with Gasteiger partial charge in [0.25, 0.3) is 0 Å². The molecular formula is C19H23FN2O4S. The largest absolute Gasteiger partial charge is 0.495 e. The molecule has 1 N–H and O–H groups in total. The molecule has 2 rings (SSSR count). The number of carbonyl (C=O) groups excluding carboxylic acids is 1. The maximum Gasteiger partial charge on any atom is 0.232 e. The minimum Gasteiger partial charge on any atom is -0.495 e. The van der Waals surface area contributed by atoms with E-state index in [9.17, 15) is 17.6 Å². The van der Waals surface area contributed by atoms with E-state index >= 15 is 0 Å². The molecule has 0 aliphatic carbocycles. The van der Waals surface area contributed by atoms with E-state index < -0.39 is 10.0 Å². The number of amides is 1. The zero-order chi connectivity index (χ0) is 20.0. The van der Waals surface area contributed by atoms with E-state index in [-0.39, 0.29) is 31.2 Å². The van der Waals surface area contributed by atoms with Gasteiger partial charge in [0.05, 0.1) is 32.0 Å². The van der Waals surface area contributed by atoms with Crippen LogP contribution in [0.5, 0.6) is 5.75 Å². The van der Waals surface area contributed by atoms with E-state index in [1.54, 1.807) is 12.1 Å². The van der Waals surface area contributed by atoms with Crippen LogP contribution in [0.1, 0.15) is 11.1 Å². The van der Waals surface area contributed by atoms with Crippen molar-refractivity contribution in [3.63, 3.8) is 0 Å². The summed E-state index contributed by atoms with van der Waals surface area (Å²) in [6, 6.07) is 10.9. The Kier molecular flexibility index (Phi) is 6.79. The van der Waals surface area contributed by atoms with Crippen LogP contribution in [0.2, 0.25) is 0 Å². The Morgan fingerprint density at radius 3 is 2.44 bits per heavy atom. The molecule has 0 radical (unpaired) electrons. The highest BCUT2D eigenvalue weighted by Gasteiger charge is 2.21. The van der Waals surface area contributed by atoms with Crippen LogP contribution in [0, 0.1) is 12.7 Å².